The molecule has 1 aliphatic rings. The van der Waals surface area contributed by atoms with Gasteiger partial charge in [-0.05, 0) is 74.4 Å². The minimum Gasteiger partial charge on any atom is -0.497 e. The number of sulfonamides is 1. The first-order valence-electron chi connectivity index (χ1n) is 14.7. The Balaban J connectivity index is 1.44. The molecular weight excluding hydrogens is 604 g/mol. The molecule has 0 fully saturated rings. The molecule has 10 heteroatoms. The molecule has 0 saturated carbocycles. The number of methoxy groups -OCH3 is 2. The standard InChI is InChI=1S/C36H36N2O7S/c1-24-6-10-27(11-7-24)21-37(46(41,42)32-18-8-25(2)9-19-32)23-31-17-16-30(45-31)20-33-34(36(40)44-5)26(3)38(35(33)39)22-28-12-14-29(43-4)15-13-28/h6-20H,21-23H2,1-5H3/b33-20+. The van der Waals surface area contributed by atoms with E-state index >= 15 is 0 Å². The molecule has 0 spiro atoms. The van der Waals surface area contributed by atoms with Crippen molar-refractivity contribution < 1.29 is 31.9 Å². The molecule has 0 atom stereocenters. The highest BCUT2D eigenvalue weighted by molar-refractivity contribution is 7.89. The van der Waals surface area contributed by atoms with Gasteiger partial charge in [-0.3, -0.25) is 4.79 Å². The summed E-state index contributed by atoms with van der Waals surface area (Å²) in [6, 6.07) is 25.0. The Labute approximate surface area is 269 Å². The Kier molecular flexibility index (Phi) is 9.60. The van der Waals surface area contributed by atoms with Crippen LogP contribution >= 0.6 is 0 Å². The number of esters is 1. The fourth-order valence-corrected chi connectivity index (χ4v) is 6.58. The van der Waals surface area contributed by atoms with Crippen molar-refractivity contribution in [3.05, 3.63) is 136 Å². The number of aryl methyl sites for hydroxylation is 2. The van der Waals surface area contributed by atoms with Crippen LogP contribution in [0.15, 0.2) is 111 Å². The maximum Gasteiger partial charge on any atom is 0.340 e. The molecule has 1 aromatic heterocycles. The Morgan fingerprint density at radius 1 is 0.826 bits per heavy atom. The van der Waals surface area contributed by atoms with E-state index in [0.29, 0.717) is 23.0 Å². The van der Waals surface area contributed by atoms with Gasteiger partial charge in [0.2, 0.25) is 10.0 Å². The van der Waals surface area contributed by atoms with Crippen molar-refractivity contribution in [3.63, 3.8) is 0 Å². The second kappa shape index (κ2) is 13.6. The van der Waals surface area contributed by atoms with Gasteiger partial charge in [-0.15, -0.1) is 0 Å². The van der Waals surface area contributed by atoms with Crippen LogP contribution in [0.2, 0.25) is 0 Å². The molecule has 2 heterocycles. The molecule has 1 amide bonds. The van der Waals surface area contributed by atoms with E-state index in [1.54, 1.807) is 62.6 Å². The third-order valence-electron chi connectivity index (χ3n) is 7.84. The lowest BCUT2D eigenvalue weighted by Crippen LogP contribution is -2.30. The maximum atomic E-state index is 13.8. The summed E-state index contributed by atoms with van der Waals surface area (Å²) in [5.41, 5.74) is 4.42. The molecule has 0 N–H and O–H groups in total. The van der Waals surface area contributed by atoms with Crippen LogP contribution in [0.4, 0.5) is 0 Å². The minimum atomic E-state index is -3.90. The lowest BCUT2D eigenvalue weighted by Gasteiger charge is -2.21. The molecule has 46 heavy (non-hydrogen) atoms. The van der Waals surface area contributed by atoms with Gasteiger partial charge < -0.3 is 18.8 Å². The predicted molar refractivity (Wildman–Crippen MR) is 174 cm³/mol. The molecule has 238 valence electrons. The SMILES string of the molecule is COC(=O)C1=C(C)N(Cc2ccc(OC)cc2)C(=O)/C1=C/c1ccc(CN(Cc2ccc(C)cc2)S(=O)(=O)c2ccc(C)cc2)o1. The van der Waals surface area contributed by atoms with Gasteiger partial charge in [0.25, 0.3) is 5.91 Å². The van der Waals surface area contributed by atoms with Crippen LogP contribution in [-0.2, 0) is 44.0 Å². The van der Waals surface area contributed by atoms with Crippen LogP contribution in [-0.4, -0.2) is 43.7 Å². The van der Waals surface area contributed by atoms with Gasteiger partial charge in [0.1, 0.15) is 17.3 Å². The van der Waals surface area contributed by atoms with Crippen molar-refractivity contribution in [1.82, 2.24) is 9.21 Å². The smallest absolute Gasteiger partial charge is 0.340 e. The van der Waals surface area contributed by atoms with Gasteiger partial charge in [-0.2, -0.15) is 4.31 Å². The molecule has 0 radical (unpaired) electrons. The van der Waals surface area contributed by atoms with Crippen molar-refractivity contribution in [1.29, 1.82) is 0 Å². The number of rotatable bonds is 11. The molecule has 9 nitrogen and oxygen atoms in total. The Morgan fingerprint density at radius 3 is 2.04 bits per heavy atom. The Hall–Kier alpha value is -4.93. The normalized spacial score (nSPS) is 14.4. The fourth-order valence-electron chi connectivity index (χ4n) is 5.19. The monoisotopic (exact) mass is 640 g/mol. The summed E-state index contributed by atoms with van der Waals surface area (Å²) in [4.78, 5) is 28.2. The third-order valence-corrected chi connectivity index (χ3v) is 9.65. The molecule has 0 bridgehead atoms. The van der Waals surface area contributed by atoms with Gasteiger partial charge in [-0.1, -0.05) is 59.7 Å². The van der Waals surface area contributed by atoms with E-state index in [9.17, 15) is 18.0 Å². The van der Waals surface area contributed by atoms with E-state index in [1.165, 1.54) is 22.4 Å². The second-order valence-electron chi connectivity index (χ2n) is 11.1. The number of carbonyl (C=O) groups excluding carboxylic acids is 2. The fraction of sp³-hybridized carbons (Fsp3) is 0.222. The highest BCUT2D eigenvalue weighted by Crippen LogP contribution is 2.33. The Bertz CT molecular complexity index is 1900. The zero-order valence-electron chi connectivity index (χ0n) is 26.4. The van der Waals surface area contributed by atoms with Gasteiger partial charge >= 0.3 is 5.97 Å². The first-order valence-corrected chi connectivity index (χ1v) is 16.1. The van der Waals surface area contributed by atoms with Crippen LogP contribution < -0.4 is 4.74 Å². The predicted octanol–water partition coefficient (Wildman–Crippen LogP) is 6.17. The number of ether oxygens (including phenoxy) is 2. The summed E-state index contributed by atoms with van der Waals surface area (Å²) < 4.78 is 45.3. The van der Waals surface area contributed by atoms with E-state index in [-0.39, 0.29) is 41.6 Å². The van der Waals surface area contributed by atoms with E-state index < -0.39 is 16.0 Å². The van der Waals surface area contributed by atoms with Crippen molar-refractivity contribution in [2.45, 2.75) is 45.3 Å². The molecular formula is C36H36N2O7S. The van der Waals surface area contributed by atoms with Crippen LogP contribution in [0.1, 0.15) is 40.7 Å². The zero-order valence-corrected chi connectivity index (χ0v) is 27.3. The third kappa shape index (κ3) is 6.98. The van der Waals surface area contributed by atoms with E-state index in [2.05, 4.69) is 0 Å². The van der Waals surface area contributed by atoms with Crippen LogP contribution in [0.5, 0.6) is 5.75 Å². The highest BCUT2D eigenvalue weighted by atomic mass is 32.2. The number of hydrogen-bond donors (Lipinski definition) is 0. The van der Waals surface area contributed by atoms with Gasteiger partial charge in [-0.25, -0.2) is 13.2 Å². The van der Waals surface area contributed by atoms with E-state index in [4.69, 9.17) is 13.9 Å². The summed E-state index contributed by atoms with van der Waals surface area (Å²) >= 11 is 0. The summed E-state index contributed by atoms with van der Waals surface area (Å²) in [5, 5.41) is 0. The molecule has 3 aromatic carbocycles. The molecule has 0 saturated heterocycles. The lowest BCUT2D eigenvalue weighted by atomic mass is 10.1. The minimum absolute atomic E-state index is 0.0521. The first-order chi connectivity index (χ1) is 22.0. The molecule has 1 aliphatic heterocycles. The number of benzene rings is 3. The van der Waals surface area contributed by atoms with Crippen molar-refractivity contribution in [2.75, 3.05) is 14.2 Å². The summed E-state index contributed by atoms with van der Waals surface area (Å²) in [6.07, 6.45) is 1.49. The topological polar surface area (TPSA) is 106 Å². The van der Waals surface area contributed by atoms with Crippen molar-refractivity contribution >= 4 is 28.0 Å². The highest BCUT2D eigenvalue weighted by Gasteiger charge is 2.37. The molecule has 4 aromatic rings. The number of allylic oxidation sites excluding steroid dienone is 1. The quantitative estimate of drug-likeness (QED) is 0.143. The number of amides is 1. The van der Waals surface area contributed by atoms with Gasteiger partial charge in [0.05, 0.1) is 43.4 Å². The average molecular weight is 641 g/mol. The van der Waals surface area contributed by atoms with Crippen LogP contribution in [0.25, 0.3) is 6.08 Å². The first kappa shape index (κ1) is 32.5. The van der Waals surface area contributed by atoms with E-state index in [0.717, 1.165) is 22.3 Å². The maximum absolute atomic E-state index is 13.8. The summed E-state index contributed by atoms with van der Waals surface area (Å²) in [6.45, 7) is 5.88. The van der Waals surface area contributed by atoms with Gasteiger partial charge in [0.15, 0.2) is 0 Å². The van der Waals surface area contributed by atoms with Crippen LogP contribution in [0, 0.1) is 13.8 Å². The van der Waals surface area contributed by atoms with E-state index in [1.807, 2.05) is 50.2 Å². The lowest BCUT2D eigenvalue weighted by molar-refractivity contribution is -0.136. The Morgan fingerprint density at radius 2 is 1.43 bits per heavy atom. The van der Waals surface area contributed by atoms with Crippen LogP contribution in [0.3, 0.4) is 0 Å². The van der Waals surface area contributed by atoms with Crippen molar-refractivity contribution in [2.24, 2.45) is 0 Å². The van der Waals surface area contributed by atoms with Gasteiger partial charge in [0, 0.05) is 12.2 Å². The molecule has 0 aliphatic carbocycles. The largest absolute Gasteiger partial charge is 0.497 e. The zero-order chi connectivity index (χ0) is 33.0. The van der Waals surface area contributed by atoms with Crippen molar-refractivity contribution in [3.8, 4) is 5.75 Å². The molecule has 0 unspecified atom stereocenters. The molecule has 5 rings (SSSR count). The second-order valence-corrected chi connectivity index (χ2v) is 13.1. The summed E-state index contributed by atoms with van der Waals surface area (Å²) in [7, 11) is -1.06. The summed E-state index contributed by atoms with van der Waals surface area (Å²) in [5.74, 6) is 0.332. The number of nitrogens with zero attached hydrogens (tertiary/aromatic N) is 2. The number of hydrogen-bond acceptors (Lipinski definition) is 7. The average Bonchev–Trinajstić information content (AvgIpc) is 3.59. The number of carbonyl (C=O) groups is 2. The number of furan rings is 1.